The number of hydrogen-bond acceptors (Lipinski definition) is 5. The van der Waals surface area contributed by atoms with Crippen LogP contribution in [-0.4, -0.2) is 10.2 Å². The minimum Gasteiger partial charge on any atom is -0.411 e. The average molecular weight is 343 g/mol. The molecule has 0 N–H and O–H groups in total. The third kappa shape index (κ3) is 3.35. The second-order valence-electron chi connectivity index (χ2n) is 3.88. The van der Waals surface area contributed by atoms with Gasteiger partial charge in [0.15, 0.2) is 0 Å². The molecule has 0 amide bonds. The van der Waals surface area contributed by atoms with E-state index in [4.69, 9.17) is 27.6 Å². The van der Waals surface area contributed by atoms with Crippen LogP contribution in [0.3, 0.4) is 0 Å². The summed E-state index contributed by atoms with van der Waals surface area (Å²) in [4.78, 5) is 1.17. The van der Waals surface area contributed by atoms with E-state index in [1.807, 2.05) is 24.3 Å². The van der Waals surface area contributed by atoms with Crippen molar-refractivity contribution in [3.05, 3.63) is 50.6 Å². The Bertz CT molecular complexity index is 726. The Morgan fingerprint density at radius 1 is 1.15 bits per heavy atom. The quantitative estimate of drug-likeness (QED) is 0.595. The van der Waals surface area contributed by atoms with Crippen molar-refractivity contribution in [1.29, 1.82) is 0 Å². The lowest BCUT2D eigenvalue weighted by Crippen LogP contribution is -1.76. The van der Waals surface area contributed by atoms with Crippen LogP contribution in [0, 0.1) is 0 Å². The van der Waals surface area contributed by atoms with Gasteiger partial charge in [-0.3, -0.25) is 0 Å². The second-order valence-corrected chi connectivity index (χ2v) is 7.04. The van der Waals surface area contributed by atoms with Crippen molar-refractivity contribution in [2.45, 2.75) is 11.0 Å². The van der Waals surface area contributed by atoms with E-state index in [0.29, 0.717) is 16.1 Å². The first-order valence-corrected chi connectivity index (χ1v) is 8.23. The Morgan fingerprint density at radius 2 is 2.05 bits per heavy atom. The highest BCUT2D eigenvalue weighted by molar-refractivity contribution is 7.98. The number of benzene rings is 1. The zero-order chi connectivity index (χ0) is 13.9. The molecule has 0 unspecified atom stereocenters. The summed E-state index contributed by atoms with van der Waals surface area (Å²) in [5.74, 6) is 1.23. The number of rotatable bonds is 4. The van der Waals surface area contributed by atoms with Crippen molar-refractivity contribution in [1.82, 2.24) is 10.2 Å². The van der Waals surface area contributed by atoms with Crippen LogP contribution in [0.5, 0.6) is 0 Å². The number of halogens is 2. The van der Waals surface area contributed by atoms with Crippen LogP contribution in [0.1, 0.15) is 4.88 Å². The summed E-state index contributed by atoms with van der Waals surface area (Å²) in [6.07, 6.45) is 0. The van der Waals surface area contributed by atoms with E-state index in [0.717, 1.165) is 15.7 Å². The Kier molecular flexibility index (Phi) is 4.31. The van der Waals surface area contributed by atoms with Crippen molar-refractivity contribution in [3.8, 4) is 11.5 Å². The van der Waals surface area contributed by atoms with E-state index in [-0.39, 0.29) is 0 Å². The maximum atomic E-state index is 5.94. The van der Waals surface area contributed by atoms with E-state index in [1.165, 1.54) is 16.6 Å². The maximum absolute atomic E-state index is 5.94. The first-order valence-electron chi connectivity index (χ1n) is 5.67. The molecular weight excluding hydrogens is 335 g/mol. The first kappa shape index (κ1) is 13.9. The molecular formula is C13H8Cl2N2OS2. The maximum Gasteiger partial charge on any atom is 0.277 e. The van der Waals surface area contributed by atoms with Crippen LogP contribution in [-0.2, 0) is 5.75 Å². The van der Waals surface area contributed by atoms with Gasteiger partial charge in [0.05, 0.1) is 4.34 Å². The van der Waals surface area contributed by atoms with Gasteiger partial charge in [-0.05, 0) is 30.3 Å². The molecule has 0 bridgehead atoms. The summed E-state index contributed by atoms with van der Waals surface area (Å²) in [7, 11) is 0. The van der Waals surface area contributed by atoms with E-state index in [9.17, 15) is 0 Å². The van der Waals surface area contributed by atoms with Gasteiger partial charge in [-0.2, -0.15) is 0 Å². The molecule has 7 heteroatoms. The monoisotopic (exact) mass is 342 g/mol. The summed E-state index contributed by atoms with van der Waals surface area (Å²) in [5.41, 5.74) is 0.816. The van der Waals surface area contributed by atoms with Gasteiger partial charge >= 0.3 is 0 Å². The van der Waals surface area contributed by atoms with Gasteiger partial charge in [-0.1, -0.05) is 41.0 Å². The molecule has 2 heterocycles. The fourth-order valence-corrected chi connectivity index (χ4v) is 3.65. The summed E-state index contributed by atoms with van der Waals surface area (Å²) < 4.78 is 6.39. The molecule has 3 rings (SSSR count). The molecule has 0 spiro atoms. The highest BCUT2D eigenvalue weighted by Gasteiger charge is 2.10. The van der Waals surface area contributed by atoms with Gasteiger partial charge in [0.1, 0.15) is 0 Å². The van der Waals surface area contributed by atoms with Crippen LogP contribution in [0.2, 0.25) is 9.36 Å². The summed E-state index contributed by atoms with van der Waals surface area (Å²) in [6, 6.07) is 11.2. The molecule has 0 radical (unpaired) electrons. The summed E-state index contributed by atoms with van der Waals surface area (Å²) >= 11 is 14.9. The lowest BCUT2D eigenvalue weighted by atomic mass is 10.2. The fraction of sp³-hybridized carbons (Fsp3) is 0.0769. The third-order valence-electron chi connectivity index (χ3n) is 2.44. The van der Waals surface area contributed by atoms with Crippen molar-refractivity contribution in [3.63, 3.8) is 0 Å². The van der Waals surface area contributed by atoms with Gasteiger partial charge in [0.25, 0.3) is 5.22 Å². The minimum absolute atomic E-state index is 0.471. The van der Waals surface area contributed by atoms with Gasteiger partial charge in [0, 0.05) is 21.2 Å². The van der Waals surface area contributed by atoms with Gasteiger partial charge in [-0.25, -0.2) is 0 Å². The second kappa shape index (κ2) is 6.18. The fourth-order valence-electron chi connectivity index (χ4n) is 1.57. The topological polar surface area (TPSA) is 38.9 Å². The minimum atomic E-state index is 0.471. The molecule has 2 aromatic heterocycles. The summed E-state index contributed by atoms with van der Waals surface area (Å²) in [5, 5.41) is 9.22. The van der Waals surface area contributed by atoms with Gasteiger partial charge in [-0.15, -0.1) is 21.5 Å². The predicted octanol–water partition coefficient (Wildman–Crippen LogP) is 5.40. The largest absolute Gasteiger partial charge is 0.411 e. The lowest BCUT2D eigenvalue weighted by Gasteiger charge is -1.95. The van der Waals surface area contributed by atoms with Crippen LogP contribution in [0.25, 0.3) is 11.5 Å². The Hall–Kier alpha value is -1.01. The normalized spacial score (nSPS) is 10.9. The van der Waals surface area contributed by atoms with E-state index >= 15 is 0 Å². The smallest absolute Gasteiger partial charge is 0.277 e. The average Bonchev–Trinajstić information content (AvgIpc) is 3.05. The molecule has 0 aliphatic heterocycles. The lowest BCUT2D eigenvalue weighted by molar-refractivity contribution is 0.466. The number of aromatic nitrogens is 2. The molecule has 1 aromatic carbocycles. The van der Waals surface area contributed by atoms with Crippen molar-refractivity contribution >= 4 is 46.3 Å². The SMILES string of the molecule is Clc1cccc(-c2nnc(SCc3ccc(Cl)s3)o2)c1. The van der Waals surface area contributed by atoms with E-state index in [2.05, 4.69) is 10.2 Å². The first-order chi connectivity index (χ1) is 9.70. The van der Waals surface area contributed by atoms with Gasteiger partial charge < -0.3 is 4.42 Å². The molecule has 102 valence electrons. The summed E-state index contributed by atoms with van der Waals surface area (Å²) in [6.45, 7) is 0. The standard InChI is InChI=1S/C13H8Cl2N2OS2/c14-9-3-1-2-8(6-9)12-16-17-13(18-12)19-7-10-4-5-11(15)20-10/h1-6H,7H2. The Morgan fingerprint density at radius 3 is 2.80 bits per heavy atom. The number of hydrogen-bond donors (Lipinski definition) is 0. The Balaban J connectivity index is 1.70. The van der Waals surface area contributed by atoms with E-state index in [1.54, 1.807) is 23.5 Å². The van der Waals surface area contributed by atoms with Crippen LogP contribution in [0.4, 0.5) is 0 Å². The molecule has 0 aliphatic carbocycles. The van der Waals surface area contributed by atoms with Crippen molar-refractivity contribution in [2.75, 3.05) is 0 Å². The molecule has 20 heavy (non-hydrogen) atoms. The zero-order valence-corrected chi connectivity index (χ0v) is 13.2. The molecule has 0 atom stereocenters. The van der Waals surface area contributed by atoms with Gasteiger partial charge in [0.2, 0.25) is 5.89 Å². The van der Waals surface area contributed by atoms with Crippen LogP contribution >= 0.6 is 46.3 Å². The molecule has 0 saturated heterocycles. The number of nitrogens with zero attached hydrogens (tertiary/aromatic N) is 2. The molecule has 0 fully saturated rings. The number of thiophene rings is 1. The Labute approximate surface area is 133 Å². The highest BCUT2D eigenvalue weighted by Crippen LogP contribution is 2.30. The molecule has 0 aliphatic rings. The van der Waals surface area contributed by atoms with Crippen molar-refractivity contribution < 1.29 is 4.42 Å². The predicted molar refractivity (Wildman–Crippen MR) is 83.6 cm³/mol. The molecule has 3 aromatic rings. The number of thioether (sulfide) groups is 1. The third-order valence-corrected chi connectivity index (χ3v) is 4.96. The zero-order valence-electron chi connectivity index (χ0n) is 10.0. The highest BCUT2D eigenvalue weighted by atomic mass is 35.5. The van der Waals surface area contributed by atoms with Crippen LogP contribution in [0.15, 0.2) is 46.0 Å². The van der Waals surface area contributed by atoms with E-state index < -0.39 is 0 Å². The van der Waals surface area contributed by atoms with Crippen LogP contribution < -0.4 is 0 Å². The molecule has 3 nitrogen and oxygen atoms in total. The molecule has 0 saturated carbocycles. The van der Waals surface area contributed by atoms with Crippen molar-refractivity contribution in [2.24, 2.45) is 0 Å².